The molecule has 5 heteroatoms. The van der Waals surface area contributed by atoms with E-state index < -0.39 is 0 Å². The molecule has 1 aliphatic carbocycles. The van der Waals surface area contributed by atoms with Crippen LogP contribution in [0.15, 0.2) is 77.7 Å². The second-order valence-corrected chi connectivity index (χ2v) is 7.67. The minimum absolute atomic E-state index is 0.00750. The van der Waals surface area contributed by atoms with Crippen molar-refractivity contribution in [1.29, 1.82) is 0 Å². The lowest BCUT2D eigenvalue weighted by Gasteiger charge is -2.31. The number of amides is 1. The van der Waals surface area contributed by atoms with Gasteiger partial charge in [0.15, 0.2) is 0 Å². The minimum atomic E-state index is -0.00750. The minimum Gasteiger partial charge on any atom is -0.464 e. The van der Waals surface area contributed by atoms with Crippen LogP contribution in [-0.4, -0.2) is 21.5 Å². The summed E-state index contributed by atoms with van der Waals surface area (Å²) in [6.45, 7) is 0. The third-order valence-corrected chi connectivity index (χ3v) is 5.85. The lowest BCUT2D eigenvalue weighted by Crippen LogP contribution is -2.38. The van der Waals surface area contributed by atoms with E-state index in [0.29, 0.717) is 11.6 Å². The number of rotatable bonds is 4. The van der Waals surface area contributed by atoms with E-state index in [2.05, 4.69) is 39.3 Å². The molecule has 2 aromatic rings. The molecule has 0 saturated heterocycles. The van der Waals surface area contributed by atoms with Gasteiger partial charge in [0.05, 0.1) is 6.26 Å². The fourth-order valence-electron chi connectivity index (χ4n) is 4.28. The molecular formula is C24H23N3O2. The number of hydrogen-bond acceptors (Lipinski definition) is 3. The zero-order valence-electron chi connectivity index (χ0n) is 16.1. The van der Waals surface area contributed by atoms with Gasteiger partial charge in [0.2, 0.25) is 0 Å². The number of aromatic nitrogens is 2. The summed E-state index contributed by atoms with van der Waals surface area (Å²) >= 11 is 0. The molecule has 3 aliphatic rings. The van der Waals surface area contributed by atoms with Gasteiger partial charge in [-0.2, -0.15) is 0 Å². The highest BCUT2D eigenvalue weighted by Crippen LogP contribution is 2.32. The Balaban J connectivity index is 1.20. The van der Waals surface area contributed by atoms with Gasteiger partial charge < -0.3 is 14.3 Å². The van der Waals surface area contributed by atoms with Gasteiger partial charge in [-0.25, -0.2) is 4.98 Å². The van der Waals surface area contributed by atoms with Crippen LogP contribution in [0.5, 0.6) is 0 Å². The highest BCUT2D eigenvalue weighted by molar-refractivity contribution is 5.94. The quantitative estimate of drug-likeness (QED) is 0.528. The number of benzene rings is 1. The largest absolute Gasteiger partial charge is 0.464 e. The van der Waals surface area contributed by atoms with E-state index in [0.717, 1.165) is 42.8 Å². The van der Waals surface area contributed by atoms with Crippen LogP contribution in [0, 0.1) is 0 Å². The first-order chi connectivity index (χ1) is 14.3. The zero-order valence-corrected chi connectivity index (χ0v) is 16.1. The highest BCUT2D eigenvalue weighted by Gasteiger charge is 2.25. The van der Waals surface area contributed by atoms with E-state index in [-0.39, 0.29) is 11.9 Å². The van der Waals surface area contributed by atoms with E-state index in [1.165, 1.54) is 5.56 Å². The third-order valence-electron chi connectivity index (χ3n) is 5.85. The molecule has 29 heavy (non-hydrogen) atoms. The predicted octanol–water partition coefficient (Wildman–Crippen LogP) is 5.16. The van der Waals surface area contributed by atoms with Crippen LogP contribution in [-0.2, 0) is 0 Å². The van der Waals surface area contributed by atoms with Crippen molar-refractivity contribution in [3.8, 4) is 22.7 Å². The van der Waals surface area contributed by atoms with Gasteiger partial charge >= 0.3 is 0 Å². The summed E-state index contributed by atoms with van der Waals surface area (Å²) in [7, 11) is 0. The van der Waals surface area contributed by atoms with Gasteiger partial charge in [0.1, 0.15) is 11.6 Å². The van der Waals surface area contributed by atoms with E-state index in [9.17, 15) is 4.79 Å². The van der Waals surface area contributed by atoms with Crippen molar-refractivity contribution in [1.82, 2.24) is 14.9 Å². The van der Waals surface area contributed by atoms with Crippen LogP contribution >= 0.6 is 0 Å². The van der Waals surface area contributed by atoms with Gasteiger partial charge in [-0.05, 0) is 68.1 Å². The van der Waals surface area contributed by atoms with E-state index in [4.69, 9.17) is 4.42 Å². The third kappa shape index (κ3) is 3.56. The first-order valence-corrected chi connectivity index (χ1v) is 10.1. The summed E-state index contributed by atoms with van der Waals surface area (Å²) in [6.07, 6.45) is 9.68. The van der Waals surface area contributed by atoms with Crippen molar-refractivity contribution in [3.05, 3.63) is 78.8 Å². The molecule has 1 amide bonds. The van der Waals surface area contributed by atoms with Gasteiger partial charge in [-0.15, -0.1) is 0 Å². The highest BCUT2D eigenvalue weighted by atomic mass is 16.3. The van der Waals surface area contributed by atoms with Crippen LogP contribution in [0.4, 0.5) is 0 Å². The summed E-state index contributed by atoms with van der Waals surface area (Å²) in [5.41, 5.74) is 2.84. The van der Waals surface area contributed by atoms with Crippen LogP contribution in [0.25, 0.3) is 22.7 Å². The maximum Gasteiger partial charge on any atom is 0.251 e. The SMILES string of the molecule is O=C(NC1CCC(n2cccc3ccnc2-3)CC1)c1ccc(-c2ccco2)cc1. The van der Waals surface area contributed by atoms with Crippen LogP contribution in [0.2, 0.25) is 0 Å². The Labute approximate surface area is 169 Å². The van der Waals surface area contributed by atoms with Crippen molar-refractivity contribution in [2.24, 2.45) is 0 Å². The molecule has 0 radical (unpaired) electrons. The van der Waals surface area contributed by atoms with Gasteiger partial charge in [-0.3, -0.25) is 4.79 Å². The first-order valence-electron chi connectivity index (χ1n) is 10.1. The Kier molecular flexibility index (Phi) is 4.64. The number of hydrogen-bond donors (Lipinski definition) is 1. The van der Waals surface area contributed by atoms with E-state index >= 15 is 0 Å². The molecule has 0 atom stereocenters. The average molecular weight is 385 g/mol. The van der Waals surface area contributed by atoms with Crippen molar-refractivity contribution >= 4 is 5.91 Å². The second kappa shape index (κ2) is 7.59. The monoisotopic (exact) mass is 385 g/mol. The van der Waals surface area contributed by atoms with Gasteiger partial charge in [-0.1, -0.05) is 12.1 Å². The molecule has 146 valence electrons. The lowest BCUT2D eigenvalue weighted by atomic mass is 9.90. The smallest absolute Gasteiger partial charge is 0.251 e. The summed E-state index contributed by atoms with van der Waals surface area (Å²) in [4.78, 5) is 17.2. The molecule has 5 rings (SSSR count). The topological polar surface area (TPSA) is 60.1 Å². The summed E-state index contributed by atoms with van der Waals surface area (Å²) in [5, 5.41) is 3.21. The molecule has 1 saturated carbocycles. The Morgan fingerprint density at radius 2 is 1.79 bits per heavy atom. The number of nitrogens with one attached hydrogen (secondary N) is 1. The maximum absolute atomic E-state index is 12.7. The number of nitrogens with zero attached hydrogens (tertiary/aromatic N) is 2. The fraction of sp³-hybridized carbons (Fsp3) is 0.250. The van der Waals surface area contributed by atoms with Crippen molar-refractivity contribution in [2.45, 2.75) is 37.8 Å². The number of carbonyl (C=O) groups excluding carboxylic acids is 1. The van der Waals surface area contributed by atoms with Crippen molar-refractivity contribution < 1.29 is 9.21 Å². The first kappa shape index (κ1) is 17.7. The number of furan rings is 1. The second-order valence-electron chi connectivity index (χ2n) is 7.67. The predicted molar refractivity (Wildman–Crippen MR) is 112 cm³/mol. The van der Waals surface area contributed by atoms with E-state index in [1.54, 1.807) is 6.26 Å². The Hall–Kier alpha value is -3.34. The number of pyridine rings is 1. The Bertz CT molecular complexity index is 1060. The normalized spacial score (nSPS) is 19.3. The molecule has 1 aromatic carbocycles. The van der Waals surface area contributed by atoms with Crippen LogP contribution in [0.3, 0.4) is 0 Å². The lowest BCUT2D eigenvalue weighted by molar-refractivity contribution is 0.0922. The van der Waals surface area contributed by atoms with E-state index in [1.807, 2.05) is 42.6 Å². The van der Waals surface area contributed by atoms with Crippen molar-refractivity contribution in [3.63, 3.8) is 0 Å². The number of fused-ring (bicyclic) bond motifs is 1. The standard InChI is InChI=1S/C24H23N3O2/c28-24(19-7-5-17(6-8-19)22-4-2-16-29-22)26-20-9-11-21(12-10-20)27-15-1-3-18-13-14-25-23(18)27/h1-8,13-16,20-21H,9-12H2,(H,26,28). The summed E-state index contributed by atoms with van der Waals surface area (Å²) in [6, 6.07) is 18.2. The molecule has 0 bridgehead atoms. The molecular weight excluding hydrogens is 362 g/mol. The Morgan fingerprint density at radius 1 is 0.966 bits per heavy atom. The van der Waals surface area contributed by atoms with Gasteiger partial charge in [0.25, 0.3) is 5.91 Å². The number of carbonyl (C=O) groups is 1. The molecule has 3 heterocycles. The molecule has 1 fully saturated rings. The van der Waals surface area contributed by atoms with Crippen LogP contribution in [0.1, 0.15) is 42.1 Å². The molecule has 0 spiro atoms. The summed E-state index contributed by atoms with van der Waals surface area (Å²) in [5.74, 6) is 1.85. The molecule has 2 aliphatic heterocycles. The summed E-state index contributed by atoms with van der Waals surface area (Å²) < 4.78 is 7.69. The van der Waals surface area contributed by atoms with Crippen molar-refractivity contribution in [2.75, 3.05) is 0 Å². The zero-order chi connectivity index (χ0) is 19.6. The molecule has 5 nitrogen and oxygen atoms in total. The maximum atomic E-state index is 12.7. The Morgan fingerprint density at radius 3 is 2.55 bits per heavy atom. The molecule has 1 N–H and O–H groups in total. The van der Waals surface area contributed by atoms with Crippen LogP contribution < -0.4 is 5.32 Å². The fourth-order valence-corrected chi connectivity index (χ4v) is 4.28. The van der Waals surface area contributed by atoms with Gasteiger partial charge in [0, 0.05) is 41.2 Å². The average Bonchev–Trinajstić information content (AvgIpc) is 3.46. The molecule has 1 aromatic heterocycles. The molecule has 0 unspecified atom stereocenters.